The molecule has 14 heavy (non-hydrogen) atoms. The van der Waals surface area contributed by atoms with Crippen LogP contribution in [-0.2, 0) is 0 Å². The van der Waals surface area contributed by atoms with Crippen molar-refractivity contribution in [2.75, 3.05) is 36.6 Å². The van der Waals surface area contributed by atoms with Gasteiger partial charge in [0.15, 0.2) is 0 Å². The van der Waals surface area contributed by atoms with Gasteiger partial charge in [0, 0.05) is 12.3 Å². The normalized spacial score (nSPS) is 15.4. The summed E-state index contributed by atoms with van der Waals surface area (Å²) < 4.78 is 0. The molecule has 0 aliphatic rings. The summed E-state index contributed by atoms with van der Waals surface area (Å²) in [5.74, 6) is 3.21. The molecule has 0 fully saturated rings. The van der Waals surface area contributed by atoms with Crippen LogP contribution in [0.15, 0.2) is 0 Å². The van der Waals surface area contributed by atoms with Crippen molar-refractivity contribution in [1.29, 1.82) is 0 Å². The van der Waals surface area contributed by atoms with Crippen LogP contribution in [0.5, 0.6) is 0 Å². The van der Waals surface area contributed by atoms with Gasteiger partial charge in [0.1, 0.15) is 0 Å². The van der Waals surface area contributed by atoms with Crippen molar-refractivity contribution in [3.05, 3.63) is 0 Å². The van der Waals surface area contributed by atoms with Gasteiger partial charge in [-0.3, -0.25) is 0 Å². The fourth-order valence-electron chi connectivity index (χ4n) is 1.16. The Kier molecular flexibility index (Phi) is 9.28. The molecule has 0 saturated heterocycles. The van der Waals surface area contributed by atoms with Crippen molar-refractivity contribution >= 4 is 23.5 Å². The van der Waals surface area contributed by atoms with Crippen molar-refractivity contribution in [2.24, 2.45) is 0 Å². The van der Waals surface area contributed by atoms with Crippen LogP contribution in [0.2, 0.25) is 0 Å². The third-order valence-corrected chi connectivity index (χ3v) is 3.70. The second-order valence-corrected chi connectivity index (χ2v) is 5.92. The lowest BCUT2D eigenvalue weighted by molar-refractivity contribution is 0.0852. The van der Waals surface area contributed by atoms with E-state index in [0.29, 0.717) is 6.54 Å². The van der Waals surface area contributed by atoms with Gasteiger partial charge >= 0.3 is 0 Å². The molecule has 0 aromatic rings. The zero-order valence-corrected chi connectivity index (χ0v) is 11.1. The molecule has 2 nitrogen and oxygen atoms in total. The Morgan fingerprint density at radius 1 is 1.43 bits per heavy atom. The first-order valence-corrected chi connectivity index (χ1v) is 7.67. The average Bonchev–Trinajstić information content (AvgIpc) is 2.11. The zero-order valence-electron chi connectivity index (χ0n) is 9.51. The van der Waals surface area contributed by atoms with Gasteiger partial charge in [-0.05, 0) is 37.7 Å². The molecule has 0 aromatic heterocycles. The van der Waals surface area contributed by atoms with E-state index in [9.17, 15) is 5.11 Å². The Balaban J connectivity index is 3.26. The molecule has 1 atom stereocenters. The Morgan fingerprint density at radius 3 is 2.71 bits per heavy atom. The van der Waals surface area contributed by atoms with Gasteiger partial charge in [-0.15, -0.1) is 0 Å². The summed E-state index contributed by atoms with van der Waals surface area (Å²) in [6, 6.07) is 0. The monoisotopic (exact) mass is 237 g/mol. The van der Waals surface area contributed by atoms with Crippen molar-refractivity contribution in [3.8, 4) is 0 Å². The van der Waals surface area contributed by atoms with Crippen molar-refractivity contribution in [3.63, 3.8) is 0 Å². The van der Waals surface area contributed by atoms with Crippen LogP contribution in [0.4, 0.5) is 0 Å². The Morgan fingerprint density at radius 2 is 2.14 bits per heavy atom. The van der Waals surface area contributed by atoms with Gasteiger partial charge in [-0.2, -0.15) is 23.5 Å². The molecule has 2 N–H and O–H groups in total. The first-order chi connectivity index (χ1) is 6.62. The quantitative estimate of drug-likeness (QED) is 0.599. The van der Waals surface area contributed by atoms with Crippen LogP contribution in [0.25, 0.3) is 0 Å². The van der Waals surface area contributed by atoms with Crippen LogP contribution >= 0.6 is 23.5 Å². The summed E-state index contributed by atoms with van der Waals surface area (Å²) in [5.41, 5.74) is -0.558. The summed E-state index contributed by atoms with van der Waals surface area (Å²) in [5, 5.41) is 13.1. The minimum Gasteiger partial charge on any atom is -0.388 e. The van der Waals surface area contributed by atoms with Crippen molar-refractivity contribution in [2.45, 2.75) is 25.9 Å². The SMILES string of the molecule is CCSCCCNCC(C)(O)CSC. The predicted molar refractivity (Wildman–Crippen MR) is 69.5 cm³/mol. The van der Waals surface area contributed by atoms with E-state index in [4.69, 9.17) is 0 Å². The Labute approximate surface area is 96.6 Å². The number of hydrogen-bond acceptors (Lipinski definition) is 4. The number of rotatable bonds is 9. The second-order valence-electron chi connectivity index (χ2n) is 3.66. The van der Waals surface area contributed by atoms with Crippen LogP contribution in [0, 0.1) is 0 Å². The van der Waals surface area contributed by atoms with Gasteiger partial charge in [0.25, 0.3) is 0 Å². The third-order valence-electron chi connectivity index (χ3n) is 1.81. The van der Waals surface area contributed by atoms with Crippen molar-refractivity contribution < 1.29 is 5.11 Å². The highest BCUT2D eigenvalue weighted by Crippen LogP contribution is 2.08. The maximum Gasteiger partial charge on any atom is 0.0833 e. The maximum absolute atomic E-state index is 9.83. The lowest BCUT2D eigenvalue weighted by Gasteiger charge is -2.22. The van der Waals surface area contributed by atoms with Gasteiger partial charge < -0.3 is 10.4 Å². The topological polar surface area (TPSA) is 32.3 Å². The van der Waals surface area contributed by atoms with E-state index in [0.717, 1.165) is 12.3 Å². The second kappa shape index (κ2) is 8.89. The molecule has 0 spiro atoms. The van der Waals surface area contributed by atoms with Gasteiger partial charge in [0.05, 0.1) is 5.60 Å². The predicted octanol–water partition coefficient (Wildman–Crippen LogP) is 1.83. The highest BCUT2D eigenvalue weighted by molar-refractivity contribution is 7.99. The van der Waals surface area contributed by atoms with Crippen LogP contribution in [-0.4, -0.2) is 47.3 Å². The molecule has 0 radical (unpaired) electrons. The van der Waals surface area contributed by atoms with Gasteiger partial charge in [-0.25, -0.2) is 0 Å². The molecular weight excluding hydrogens is 214 g/mol. The lowest BCUT2D eigenvalue weighted by Crippen LogP contribution is -2.40. The number of hydrogen-bond donors (Lipinski definition) is 2. The average molecular weight is 237 g/mol. The van der Waals surface area contributed by atoms with E-state index >= 15 is 0 Å². The Hall–Kier alpha value is 0.620. The van der Waals surface area contributed by atoms with Crippen LogP contribution in [0.1, 0.15) is 20.3 Å². The first kappa shape index (κ1) is 14.6. The number of nitrogens with one attached hydrogen (secondary N) is 1. The molecule has 86 valence electrons. The number of aliphatic hydroxyl groups is 1. The van der Waals surface area contributed by atoms with E-state index in [1.165, 1.54) is 17.9 Å². The molecule has 4 heteroatoms. The standard InChI is InChI=1S/C10H23NOS2/c1-4-14-7-5-6-11-8-10(2,12)9-13-3/h11-12H,4-9H2,1-3H3. The molecule has 0 aliphatic carbocycles. The van der Waals surface area contributed by atoms with E-state index in [-0.39, 0.29) is 0 Å². The summed E-state index contributed by atoms with van der Waals surface area (Å²) >= 11 is 3.66. The minimum absolute atomic E-state index is 0.558. The molecule has 0 heterocycles. The molecule has 0 aromatic carbocycles. The third kappa shape index (κ3) is 9.19. The van der Waals surface area contributed by atoms with Gasteiger partial charge in [-0.1, -0.05) is 6.92 Å². The van der Waals surface area contributed by atoms with Gasteiger partial charge in [0.2, 0.25) is 0 Å². The molecule has 0 saturated carbocycles. The lowest BCUT2D eigenvalue weighted by atomic mass is 10.1. The summed E-state index contributed by atoms with van der Waals surface area (Å²) in [6.07, 6.45) is 3.21. The smallest absolute Gasteiger partial charge is 0.0833 e. The summed E-state index contributed by atoms with van der Waals surface area (Å²) in [7, 11) is 0. The van der Waals surface area contributed by atoms with E-state index < -0.39 is 5.60 Å². The summed E-state index contributed by atoms with van der Waals surface area (Å²) in [4.78, 5) is 0. The first-order valence-electron chi connectivity index (χ1n) is 5.12. The fraction of sp³-hybridized carbons (Fsp3) is 1.00. The molecule has 0 aliphatic heterocycles. The Bertz CT molecular complexity index is 131. The molecule has 0 bridgehead atoms. The summed E-state index contributed by atoms with van der Waals surface area (Å²) in [6.45, 7) is 5.78. The van der Waals surface area contributed by atoms with Crippen LogP contribution in [0.3, 0.4) is 0 Å². The van der Waals surface area contributed by atoms with Crippen molar-refractivity contribution in [1.82, 2.24) is 5.32 Å². The highest BCUT2D eigenvalue weighted by atomic mass is 32.2. The van der Waals surface area contributed by atoms with E-state index in [1.54, 1.807) is 11.8 Å². The molecule has 0 amide bonds. The van der Waals surface area contributed by atoms with E-state index in [1.807, 2.05) is 24.9 Å². The zero-order chi connectivity index (χ0) is 10.9. The van der Waals surface area contributed by atoms with E-state index in [2.05, 4.69) is 12.2 Å². The minimum atomic E-state index is -0.558. The number of thioether (sulfide) groups is 2. The molecule has 0 rings (SSSR count). The largest absolute Gasteiger partial charge is 0.388 e. The maximum atomic E-state index is 9.83. The molecular formula is C10H23NOS2. The molecule has 1 unspecified atom stereocenters. The fourth-order valence-corrected chi connectivity index (χ4v) is 2.52. The highest BCUT2D eigenvalue weighted by Gasteiger charge is 2.18. The van der Waals surface area contributed by atoms with Crippen LogP contribution < -0.4 is 5.32 Å².